The smallest absolute Gasteiger partial charge is 0.407 e. The zero-order valence-electron chi connectivity index (χ0n) is 15.7. The van der Waals surface area contributed by atoms with E-state index in [1.54, 1.807) is 0 Å². The normalized spacial score (nSPS) is 21.0. The predicted octanol–water partition coefficient (Wildman–Crippen LogP) is 0.830. The van der Waals surface area contributed by atoms with Crippen molar-refractivity contribution >= 4 is 18.0 Å². The first kappa shape index (κ1) is 19.3. The molecule has 1 heterocycles. The fraction of sp³-hybridized carbons (Fsp3) is 0.824. The maximum Gasteiger partial charge on any atom is 0.407 e. The maximum atomic E-state index is 11.9. The van der Waals surface area contributed by atoms with Crippen LogP contribution >= 0.6 is 0 Å². The highest BCUT2D eigenvalue weighted by Gasteiger charge is 2.28. The van der Waals surface area contributed by atoms with Gasteiger partial charge in [-0.2, -0.15) is 0 Å². The van der Waals surface area contributed by atoms with Crippen molar-refractivity contribution in [2.45, 2.75) is 64.6 Å². The van der Waals surface area contributed by atoms with Gasteiger partial charge in [0.25, 0.3) is 0 Å². The Morgan fingerprint density at radius 1 is 1.16 bits per heavy atom. The third-order valence-electron chi connectivity index (χ3n) is 3.86. The Balaban J connectivity index is 1.82. The van der Waals surface area contributed by atoms with Crippen LogP contribution in [0.25, 0.3) is 0 Å². The summed E-state index contributed by atoms with van der Waals surface area (Å²) in [6, 6.07) is 0.360. The second-order valence-corrected chi connectivity index (χ2v) is 7.59. The number of ether oxygens (including phenoxy) is 1. The number of amides is 2. The summed E-state index contributed by atoms with van der Waals surface area (Å²) in [5, 5.41) is 9.04. The van der Waals surface area contributed by atoms with Crippen LogP contribution in [0.3, 0.4) is 0 Å². The van der Waals surface area contributed by atoms with Gasteiger partial charge in [-0.15, -0.1) is 0 Å². The van der Waals surface area contributed by atoms with Gasteiger partial charge >= 0.3 is 6.09 Å². The minimum absolute atomic E-state index is 0.0130. The maximum absolute atomic E-state index is 11.9. The first-order chi connectivity index (χ1) is 11.8. The number of aliphatic imine (C=N–C) groups is 1. The molecule has 0 aromatic rings. The van der Waals surface area contributed by atoms with Crippen molar-refractivity contribution in [3.05, 3.63) is 0 Å². The molecule has 0 radical (unpaired) electrons. The van der Waals surface area contributed by atoms with Crippen LogP contribution in [-0.4, -0.2) is 66.7 Å². The van der Waals surface area contributed by atoms with Crippen molar-refractivity contribution in [1.82, 2.24) is 20.9 Å². The SMILES string of the molecule is CCNC(=NCC(=O)NC1CC1)N1CCC(NC(=O)OC(C)(C)C)C1. The van der Waals surface area contributed by atoms with Gasteiger partial charge in [0.1, 0.15) is 12.1 Å². The number of guanidine groups is 1. The van der Waals surface area contributed by atoms with Crippen LogP contribution < -0.4 is 16.0 Å². The Morgan fingerprint density at radius 2 is 1.88 bits per heavy atom. The fourth-order valence-electron chi connectivity index (χ4n) is 2.62. The molecule has 1 aliphatic heterocycles. The zero-order valence-corrected chi connectivity index (χ0v) is 15.7. The topological polar surface area (TPSA) is 95.1 Å². The van der Waals surface area contributed by atoms with Gasteiger partial charge in [0.15, 0.2) is 5.96 Å². The number of hydrogen-bond donors (Lipinski definition) is 3. The lowest BCUT2D eigenvalue weighted by Crippen LogP contribution is -2.44. The van der Waals surface area contributed by atoms with E-state index in [9.17, 15) is 9.59 Å². The molecule has 0 aromatic carbocycles. The molecule has 1 saturated heterocycles. The number of hydrogen-bond acceptors (Lipinski definition) is 4. The highest BCUT2D eigenvalue weighted by atomic mass is 16.6. The minimum Gasteiger partial charge on any atom is -0.444 e. The second-order valence-electron chi connectivity index (χ2n) is 7.59. The number of nitrogens with zero attached hydrogens (tertiary/aromatic N) is 2. The highest BCUT2D eigenvalue weighted by molar-refractivity contribution is 5.85. The third-order valence-corrected chi connectivity index (χ3v) is 3.86. The Morgan fingerprint density at radius 3 is 2.48 bits per heavy atom. The van der Waals surface area contributed by atoms with Gasteiger partial charge in [0.05, 0.1) is 6.04 Å². The molecule has 1 saturated carbocycles. The molecular formula is C17H31N5O3. The van der Waals surface area contributed by atoms with Crippen LogP contribution in [0.2, 0.25) is 0 Å². The van der Waals surface area contributed by atoms with Crippen molar-refractivity contribution in [2.24, 2.45) is 4.99 Å². The van der Waals surface area contributed by atoms with Crippen molar-refractivity contribution in [2.75, 3.05) is 26.2 Å². The predicted molar refractivity (Wildman–Crippen MR) is 96.5 cm³/mol. The average molecular weight is 353 g/mol. The van der Waals surface area contributed by atoms with Crippen molar-refractivity contribution < 1.29 is 14.3 Å². The first-order valence-corrected chi connectivity index (χ1v) is 9.09. The second kappa shape index (κ2) is 8.40. The number of nitrogens with one attached hydrogen (secondary N) is 3. The summed E-state index contributed by atoms with van der Waals surface area (Å²) < 4.78 is 5.30. The van der Waals surface area contributed by atoms with Gasteiger partial charge in [-0.25, -0.2) is 9.79 Å². The summed E-state index contributed by atoms with van der Waals surface area (Å²) in [4.78, 5) is 30.2. The molecule has 0 spiro atoms. The van der Waals surface area contributed by atoms with Gasteiger partial charge in [-0.1, -0.05) is 0 Å². The van der Waals surface area contributed by atoms with E-state index in [0.717, 1.165) is 32.4 Å². The quantitative estimate of drug-likeness (QED) is 0.503. The lowest BCUT2D eigenvalue weighted by atomic mass is 10.2. The summed E-state index contributed by atoms with van der Waals surface area (Å²) in [7, 11) is 0. The van der Waals surface area contributed by atoms with Crippen LogP contribution in [0.15, 0.2) is 4.99 Å². The fourth-order valence-corrected chi connectivity index (χ4v) is 2.62. The molecule has 8 nitrogen and oxygen atoms in total. The number of alkyl carbamates (subject to hydrolysis) is 1. The molecular weight excluding hydrogens is 322 g/mol. The Labute approximate surface area is 149 Å². The molecule has 1 unspecified atom stereocenters. The summed E-state index contributed by atoms with van der Waals surface area (Å²) in [6.45, 7) is 9.80. The van der Waals surface area contributed by atoms with E-state index in [2.05, 4.69) is 25.8 Å². The van der Waals surface area contributed by atoms with Crippen LogP contribution in [0, 0.1) is 0 Å². The largest absolute Gasteiger partial charge is 0.444 e. The Hall–Kier alpha value is -1.99. The van der Waals surface area contributed by atoms with E-state index in [4.69, 9.17) is 4.74 Å². The van der Waals surface area contributed by atoms with E-state index in [0.29, 0.717) is 18.5 Å². The van der Waals surface area contributed by atoms with E-state index in [-0.39, 0.29) is 18.5 Å². The Kier molecular flexibility index (Phi) is 6.50. The van der Waals surface area contributed by atoms with E-state index < -0.39 is 11.7 Å². The van der Waals surface area contributed by atoms with Crippen LogP contribution in [0.5, 0.6) is 0 Å². The molecule has 1 atom stereocenters. The molecule has 2 amide bonds. The molecule has 8 heteroatoms. The summed E-state index contributed by atoms with van der Waals surface area (Å²) >= 11 is 0. The van der Waals surface area contributed by atoms with Crippen molar-refractivity contribution in [3.63, 3.8) is 0 Å². The number of carbonyl (C=O) groups excluding carboxylic acids is 2. The zero-order chi connectivity index (χ0) is 18.4. The summed E-state index contributed by atoms with van der Waals surface area (Å²) in [5.74, 6) is 0.669. The molecule has 2 fully saturated rings. The van der Waals surface area contributed by atoms with Crippen LogP contribution in [0.4, 0.5) is 4.79 Å². The van der Waals surface area contributed by atoms with Gasteiger partial charge in [0.2, 0.25) is 5.91 Å². The van der Waals surface area contributed by atoms with E-state index in [1.165, 1.54) is 0 Å². The molecule has 1 aliphatic carbocycles. The Bertz CT molecular complexity index is 511. The van der Waals surface area contributed by atoms with Gasteiger partial charge in [-0.05, 0) is 47.0 Å². The molecule has 142 valence electrons. The average Bonchev–Trinajstić information content (AvgIpc) is 3.18. The van der Waals surface area contributed by atoms with Crippen molar-refractivity contribution in [3.8, 4) is 0 Å². The monoisotopic (exact) mass is 353 g/mol. The van der Waals surface area contributed by atoms with Gasteiger partial charge in [0, 0.05) is 25.7 Å². The molecule has 3 N–H and O–H groups in total. The van der Waals surface area contributed by atoms with Crippen LogP contribution in [0.1, 0.15) is 47.0 Å². The summed E-state index contributed by atoms with van der Waals surface area (Å²) in [6.07, 6.45) is 2.56. The van der Waals surface area contributed by atoms with E-state index >= 15 is 0 Å². The minimum atomic E-state index is -0.506. The van der Waals surface area contributed by atoms with Crippen LogP contribution in [-0.2, 0) is 9.53 Å². The number of rotatable bonds is 5. The number of likely N-dealkylation sites (tertiary alicyclic amines) is 1. The first-order valence-electron chi connectivity index (χ1n) is 9.09. The lowest BCUT2D eigenvalue weighted by molar-refractivity contribution is -0.119. The molecule has 2 rings (SSSR count). The van der Waals surface area contributed by atoms with Gasteiger partial charge < -0.3 is 25.6 Å². The molecule has 25 heavy (non-hydrogen) atoms. The van der Waals surface area contributed by atoms with E-state index in [1.807, 2.05) is 27.7 Å². The third kappa shape index (κ3) is 7.19. The van der Waals surface area contributed by atoms with Crippen molar-refractivity contribution in [1.29, 1.82) is 0 Å². The lowest BCUT2D eigenvalue weighted by Gasteiger charge is -2.23. The standard InChI is InChI=1S/C17H31N5O3/c1-5-18-15(19-10-14(23)20-12-6-7-12)22-9-8-13(11-22)21-16(24)25-17(2,3)4/h12-13H,5-11H2,1-4H3,(H,18,19)(H,20,23)(H,21,24). The van der Waals surface area contributed by atoms with Gasteiger partial charge in [-0.3, -0.25) is 4.79 Å². The highest BCUT2D eigenvalue weighted by Crippen LogP contribution is 2.18. The molecule has 0 bridgehead atoms. The molecule has 0 aromatic heterocycles. The molecule has 2 aliphatic rings. The number of carbonyl (C=O) groups is 2. The summed E-state index contributed by atoms with van der Waals surface area (Å²) in [5.41, 5.74) is -0.506.